The summed E-state index contributed by atoms with van der Waals surface area (Å²) in [5, 5.41) is 8.90. The Hall–Kier alpha value is -1.93. The lowest BCUT2D eigenvalue weighted by atomic mass is 10.1. The first-order chi connectivity index (χ1) is 8.63. The SMILES string of the molecule is COc1ccc(Br)cc1-c1cc(C)nc(C#N)n1. The lowest BCUT2D eigenvalue weighted by molar-refractivity contribution is 0.416. The van der Waals surface area contributed by atoms with Crippen LogP contribution >= 0.6 is 15.9 Å². The summed E-state index contributed by atoms with van der Waals surface area (Å²) >= 11 is 3.41. The summed E-state index contributed by atoms with van der Waals surface area (Å²) in [5.41, 5.74) is 2.25. The summed E-state index contributed by atoms with van der Waals surface area (Å²) in [6, 6.07) is 9.42. The van der Waals surface area contributed by atoms with Crippen LogP contribution in [0, 0.1) is 18.3 Å². The average Bonchev–Trinajstić information content (AvgIpc) is 2.38. The van der Waals surface area contributed by atoms with E-state index in [0.29, 0.717) is 11.4 Å². The molecule has 0 N–H and O–H groups in total. The predicted octanol–water partition coefficient (Wildman–Crippen LogP) is 3.09. The second-order valence-electron chi connectivity index (χ2n) is 3.67. The van der Waals surface area contributed by atoms with Gasteiger partial charge in [-0.2, -0.15) is 5.26 Å². The Labute approximate surface area is 113 Å². The molecule has 0 spiro atoms. The van der Waals surface area contributed by atoms with Crippen LogP contribution in [0.25, 0.3) is 11.3 Å². The third kappa shape index (κ3) is 2.49. The fourth-order valence-corrected chi connectivity index (χ4v) is 2.00. The Morgan fingerprint density at radius 3 is 2.72 bits per heavy atom. The molecular formula is C13H10BrN3O. The van der Waals surface area contributed by atoms with E-state index in [9.17, 15) is 0 Å². The number of ether oxygens (including phenoxy) is 1. The maximum Gasteiger partial charge on any atom is 0.232 e. The van der Waals surface area contributed by atoms with E-state index >= 15 is 0 Å². The number of nitriles is 1. The van der Waals surface area contributed by atoms with Crippen LogP contribution in [0.2, 0.25) is 0 Å². The van der Waals surface area contributed by atoms with Gasteiger partial charge in [-0.3, -0.25) is 0 Å². The molecule has 1 heterocycles. The summed E-state index contributed by atoms with van der Waals surface area (Å²) < 4.78 is 6.23. The first-order valence-corrected chi connectivity index (χ1v) is 6.03. The van der Waals surface area contributed by atoms with E-state index in [1.807, 2.05) is 37.3 Å². The van der Waals surface area contributed by atoms with Gasteiger partial charge in [-0.1, -0.05) is 15.9 Å². The molecule has 2 aromatic rings. The molecule has 90 valence electrons. The highest BCUT2D eigenvalue weighted by Gasteiger charge is 2.10. The highest BCUT2D eigenvalue weighted by Crippen LogP contribution is 2.31. The minimum atomic E-state index is 0.159. The summed E-state index contributed by atoms with van der Waals surface area (Å²) in [6.45, 7) is 1.83. The lowest BCUT2D eigenvalue weighted by Gasteiger charge is -2.09. The number of hydrogen-bond donors (Lipinski definition) is 0. The van der Waals surface area contributed by atoms with Crippen molar-refractivity contribution in [2.45, 2.75) is 6.92 Å². The fourth-order valence-electron chi connectivity index (χ4n) is 1.64. The standard InChI is InChI=1S/C13H10BrN3O/c1-8-5-11(17-13(7-15)16-8)10-6-9(14)3-4-12(10)18-2/h3-6H,1-2H3. The predicted molar refractivity (Wildman–Crippen MR) is 71.2 cm³/mol. The van der Waals surface area contributed by atoms with Crippen molar-refractivity contribution in [3.63, 3.8) is 0 Å². The number of aromatic nitrogens is 2. The van der Waals surface area contributed by atoms with Gasteiger partial charge in [-0.15, -0.1) is 0 Å². The molecule has 4 nitrogen and oxygen atoms in total. The van der Waals surface area contributed by atoms with Crippen LogP contribution in [0.4, 0.5) is 0 Å². The summed E-state index contributed by atoms with van der Waals surface area (Å²) in [6.07, 6.45) is 0. The third-order valence-electron chi connectivity index (χ3n) is 2.39. The smallest absolute Gasteiger partial charge is 0.232 e. The second kappa shape index (κ2) is 5.15. The molecule has 0 unspecified atom stereocenters. The molecule has 0 fully saturated rings. The number of rotatable bonds is 2. The van der Waals surface area contributed by atoms with Crippen molar-refractivity contribution in [2.24, 2.45) is 0 Å². The van der Waals surface area contributed by atoms with Crippen LogP contribution in [-0.4, -0.2) is 17.1 Å². The highest BCUT2D eigenvalue weighted by atomic mass is 79.9. The van der Waals surface area contributed by atoms with Crippen molar-refractivity contribution in [3.05, 3.63) is 40.3 Å². The number of aryl methyl sites for hydroxylation is 1. The molecule has 0 aliphatic heterocycles. The first kappa shape index (κ1) is 12.5. The molecule has 2 rings (SSSR count). The van der Waals surface area contributed by atoms with Gasteiger partial charge in [0, 0.05) is 15.7 Å². The number of halogens is 1. The van der Waals surface area contributed by atoms with E-state index in [4.69, 9.17) is 10.00 Å². The Morgan fingerprint density at radius 1 is 1.28 bits per heavy atom. The van der Waals surface area contributed by atoms with Crippen molar-refractivity contribution in [1.82, 2.24) is 9.97 Å². The topological polar surface area (TPSA) is 58.8 Å². The van der Waals surface area contributed by atoms with Gasteiger partial charge >= 0.3 is 0 Å². The number of hydrogen-bond acceptors (Lipinski definition) is 4. The Bertz CT molecular complexity index is 635. The molecule has 0 aliphatic rings. The zero-order valence-corrected chi connectivity index (χ0v) is 11.5. The molecule has 0 saturated heterocycles. The quantitative estimate of drug-likeness (QED) is 0.855. The van der Waals surface area contributed by atoms with Crippen LogP contribution < -0.4 is 4.74 Å². The second-order valence-corrected chi connectivity index (χ2v) is 4.59. The minimum Gasteiger partial charge on any atom is -0.496 e. The first-order valence-electron chi connectivity index (χ1n) is 5.23. The molecule has 1 aromatic heterocycles. The van der Waals surface area contributed by atoms with Crippen LogP contribution in [-0.2, 0) is 0 Å². The number of benzene rings is 1. The minimum absolute atomic E-state index is 0.159. The molecule has 18 heavy (non-hydrogen) atoms. The Kier molecular flexibility index (Phi) is 3.58. The fraction of sp³-hybridized carbons (Fsp3) is 0.154. The van der Waals surface area contributed by atoms with Crippen molar-refractivity contribution in [3.8, 4) is 23.1 Å². The molecule has 1 aromatic carbocycles. The van der Waals surface area contributed by atoms with Gasteiger partial charge in [-0.05, 0) is 31.2 Å². The van der Waals surface area contributed by atoms with Gasteiger partial charge in [0.15, 0.2) is 0 Å². The molecule has 5 heteroatoms. The van der Waals surface area contributed by atoms with Gasteiger partial charge in [0.25, 0.3) is 0 Å². The van der Waals surface area contributed by atoms with Crippen LogP contribution in [0.15, 0.2) is 28.7 Å². The third-order valence-corrected chi connectivity index (χ3v) is 2.88. The Morgan fingerprint density at radius 2 is 2.06 bits per heavy atom. The van der Waals surface area contributed by atoms with Crippen molar-refractivity contribution in [1.29, 1.82) is 5.26 Å². The van der Waals surface area contributed by atoms with Gasteiger partial charge in [-0.25, -0.2) is 9.97 Å². The van der Waals surface area contributed by atoms with Crippen LogP contribution in [0.3, 0.4) is 0 Å². The lowest BCUT2D eigenvalue weighted by Crippen LogP contribution is -1.96. The highest BCUT2D eigenvalue weighted by molar-refractivity contribution is 9.10. The molecule has 0 bridgehead atoms. The van der Waals surface area contributed by atoms with E-state index in [2.05, 4.69) is 25.9 Å². The van der Waals surface area contributed by atoms with Gasteiger partial charge in [0.2, 0.25) is 5.82 Å². The van der Waals surface area contributed by atoms with Crippen molar-refractivity contribution >= 4 is 15.9 Å². The van der Waals surface area contributed by atoms with Crippen molar-refractivity contribution in [2.75, 3.05) is 7.11 Å². The average molecular weight is 304 g/mol. The molecule has 0 radical (unpaired) electrons. The normalized spacial score (nSPS) is 9.89. The van der Waals surface area contributed by atoms with Gasteiger partial charge in [0.1, 0.15) is 11.8 Å². The van der Waals surface area contributed by atoms with Gasteiger partial charge < -0.3 is 4.74 Å². The molecule has 0 amide bonds. The summed E-state index contributed by atoms with van der Waals surface area (Å²) in [4.78, 5) is 8.23. The van der Waals surface area contributed by atoms with E-state index in [-0.39, 0.29) is 5.82 Å². The van der Waals surface area contributed by atoms with Crippen LogP contribution in [0.5, 0.6) is 5.75 Å². The van der Waals surface area contributed by atoms with Crippen LogP contribution in [0.1, 0.15) is 11.5 Å². The zero-order chi connectivity index (χ0) is 13.1. The van der Waals surface area contributed by atoms with E-state index in [1.54, 1.807) is 7.11 Å². The van der Waals surface area contributed by atoms with E-state index in [0.717, 1.165) is 15.7 Å². The number of methoxy groups -OCH3 is 1. The molecular weight excluding hydrogens is 294 g/mol. The van der Waals surface area contributed by atoms with E-state index in [1.165, 1.54) is 0 Å². The van der Waals surface area contributed by atoms with Gasteiger partial charge in [0.05, 0.1) is 12.8 Å². The number of nitrogens with zero attached hydrogens (tertiary/aromatic N) is 3. The zero-order valence-electron chi connectivity index (χ0n) is 9.94. The Balaban J connectivity index is 2.65. The molecule has 0 saturated carbocycles. The molecule has 0 aliphatic carbocycles. The summed E-state index contributed by atoms with van der Waals surface area (Å²) in [5.74, 6) is 0.868. The van der Waals surface area contributed by atoms with Crippen molar-refractivity contribution < 1.29 is 4.74 Å². The maximum atomic E-state index is 8.90. The largest absolute Gasteiger partial charge is 0.496 e. The monoisotopic (exact) mass is 303 g/mol. The molecule has 0 atom stereocenters. The summed E-state index contributed by atoms with van der Waals surface area (Å²) in [7, 11) is 1.60. The van der Waals surface area contributed by atoms with E-state index < -0.39 is 0 Å². The maximum absolute atomic E-state index is 8.90.